The predicted octanol–water partition coefficient (Wildman–Crippen LogP) is 15.1. The van der Waals surface area contributed by atoms with Crippen molar-refractivity contribution in [3.8, 4) is 78.4 Å². The van der Waals surface area contributed by atoms with Crippen LogP contribution in [0.4, 0.5) is 0 Å². The smallest absolute Gasteiger partial charge is 0.160 e. The molecule has 0 bridgehead atoms. The molecule has 11 rings (SSSR count). The first-order chi connectivity index (χ1) is 29.0. The fourth-order valence-electron chi connectivity index (χ4n) is 9.30. The first-order valence-electron chi connectivity index (χ1n) is 20.4. The largest absolute Gasteiger partial charge is 0.228 e. The quantitative estimate of drug-likeness (QED) is 0.169. The van der Waals surface area contributed by atoms with Gasteiger partial charge in [0, 0.05) is 22.1 Å². The Morgan fingerprint density at radius 3 is 1.73 bits per heavy atom. The van der Waals surface area contributed by atoms with Gasteiger partial charge in [0.25, 0.3) is 0 Å². The van der Waals surface area contributed by atoms with Gasteiger partial charge in [0.1, 0.15) is 0 Å². The number of rotatable bonds is 6. The second-order valence-corrected chi connectivity index (χ2v) is 16.2. The third-order valence-corrected chi connectivity index (χ3v) is 12.3. The molecule has 0 N–H and O–H groups in total. The molecule has 0 saturated heterocycles. The standard InChI is InChI=1S/C57H40N2/c1-57(2)51-27-11-10-25-50(51)55-46(26-14-28-52(55)57)43-21-13-20-42(35-43)45-31-32-49(48-24-9-8-23-47(45)48)54-36-53(58-56(59-54)38-16-4-3-5-17-38)44-22-12-19-40(34-44)41-30-29-37-15-6-7-18-39(37)33-41/h3-36H,1-2H3. The van der Waals surface area contributed by atoms with E-state index >= 15 is 0 Å². The molecule has 0 spiro atoms. The highest BCUT2D eigenvalue weighted by molar-refractivity contribution is 6.05. The Hall–Kier alpha value is -7.42. The maximum absolute atomic E-state index is 5.27. The summed E-state index contributed by atoms with van der Waals surface area (Å²) in [6.07, 6.45) is 0. The van der Waals surface area contributed by atoms with Gasteiger partial charge in [0.05, 0.1) is 11.4 Å². The van der Waals surface area contributed by atoms with Crippen LogP contribution in [0.5, 0.6) is 0 Å². The van der Waals surface area contributed by atoms with Crippen LogP contribution in [0.2, 0.25) is 0 Å². The molecule has 0 amide bonds. The van der Waals surface area contributed by atoms with Gasteiger partial charge in [0.2, 0.25) is 0 Å². The molecule has 0 unspecified atom stereocenters. The van der Waals surface area contributed by atoms with Crippen molar-refractivity contribution < 1.29 is 0 Å². The summed E-state index contributed by atoms with van der Waals surface area (Å²) in [6, 6.07) is 74.4. The Bertz CT molecular complexity index is 3250. The van der Waals surface area contributed by atoms with Crippen molar-refractivity contribution in [3.63, 3.8) is 0 Å². The third-order valence-electron chi connectivity index (χ3n) is 12.3. The second-order valence-electron chi connectivity index (χ2n) is 16.2. The zero-order chi connectivity index (χ0) is 39.5. The lowest BCUT2D eigenvalue weighted by Crippen LogP contribution is -2.14. The van der Waals surface area contributed by atoms with Gasteiger partial charge in [-0.2, -0.15) is 0 Å². The molecule has 10 aromatic rings. The first kappa shape index (κ1) is 34.8. The monoisotopic (exact) mass is 752 g/mol. The molecule has 278 valence electrons. The summed E-state index contributed by atoms with van der Waals surface area (Å²) >= 11 is 0. The average molecular weight is 753 g/mol. The molecule has 2 heteroatoms. The van der Waals surface area contributed by atoms with E-state index in [0.717, 1.165) is 39.0 Å². The highest BCUT2D eigenvalue weighted by Crippen LogP contribution is 2.52. The van der Waals surface area contributed by atoms with Crippen molar-refractivity contribution in [1.29, 1.82) is 0 Å². The van der Waals surface area contributed by atoms with Crippen LogP contribution >= 0.6 is 0 Å². The minimum Gasteiger partial charge on any atom is -0.228 e. The van der Waals surface area contributed by atoms with E-state index in [9.17, 15) is 0 Å². The van der Waals surface area contributed by atoms with Crippen molar-refractivity contribution in [2.75, 3.05) is 0 Å². The molecular formula is C57H40N2. The topological polar surface area (TPSA) is 25.8 Å². The van der Waals surface area contributed by atoms with Crippen LogP contribution in [0, 0.1) is 0 Å². The summed E-state index contributed by atoms with van der Waals surface area (Å²) in [5, 5.41) is 4.80. The SMILES string of the molecule is CC1(C)c2ccccc2-c2c(-c3cccc(-c4ccc(-c5cc(-c6cccc(-c7ccc8ccccc8c7)c6)nc(-c6ccccc6)n5)c5ccccc45)c3)cccc21. The van der Waals surface area contributed by atoms with Crippen LogP contribution in [0.15, 0.2) is 206 Å². The lowest BCUT2D eigenvalue weighted by molar-refractivity contribution is 0.660. The van der Waals surface area contributed by atoms with E-state index in [-0.39, 0.29) is 5.41 Å². The third kappa shape index (κ3) is 5.96. The van der Waals surface area contributed by atoms with E-state index in [1.807, 2.05) is 18.2 Å². The maximum atomic E-state index is 5.27. The van der Waals surface area contributed by atoms with E-state index in [0.29, 0.717) is 5.82 Å². The van der Waals surface area contributed by atoms with Gasteiger partial charge in [-0.1, -0.05) is 196 Å². The molecule has 2 nitrogen and oxygen atoms in total. The molecular weight excluding hydrogens is 713 g/mol. The molecule has 0 atom stereocenters. The minimum atomic E-state index is -0.0488. The van der Waals surface area contributed by atoms with Gasteiger partial charge in [0.15, 0.2) is 5.82 Å². The summed E-state index contributed by atoms with van der Waals surface area (Å²) in [5.74, 6) is 0.704. The number of aromatic nitrogens is 2. The lowest BCUT2D eigenvalue weighted by Gasteiger charge is -2.21. The van der Waals surface area contributed by atoms with Crippen LogP contribution in [-0.2, 0) is 5.41 Å². The molecule has 0 aliphatic heterocycles. The Labute approximate surface area is 345 Å². The number of hydrogen-bond acceptors (Lipinski definition) is 2. The molecule has 0 fully saturated rings. The summed E-state index contributed by atoms with van der Waals surface area (Å²) in [4.78, 5) is 10.5. The zero-order valence-electron chi connectivity index (χ0n) is 33.0. The Morgan fingerprint density at radius 1 is 0.322 bits per heavy atom. The molecule has 1 aliphatic rings. The van der Waals surface area contributed by atoms with E-state index in [1.165, 1.54) is 66.2 Å². The van der Waals surface area contributed by atoms with Crippen LogP contribution < -0.4 is 0 Å². The fourth-order valence-corrected chi connectivity index (χ4v) is 9.30. The number of hydrogen-bond donors (Lipinski definition) is 0. The van der Waals surface area contributed by atoms with Crippen LogP contribution in [0.25, 0.3) is 100.0 Å². The molecule has 1 heterocycles. The summed E-state index contributed by atoms with van der Waals surface area (Å²) in [6.45, 7) is 4.69. The Kier molecular flexibility index (Phi) is 8.20. The first-order valence-corrected chi connectivity index (χ1v) is 20.4. The average Bonchev–Trinajstić information content (AvgIpc) is 3.54. The van der Waals surface area contributed by atoms with Gasteiger partial charge in [-0.05, 0) is 101 Å². The molecule has 1 aliphatic carbocycles. The van der Waals surface area contributed by atoms with Gasteiger partial charge in [-0.25, -0.2) is 9.97 Å². The van der Waals surface area contributed by atoms with Crippen molar-refractivity contribution in [3.05, 3.63) is 217 Å². The second kappa shape index (κ2) is 13.9. The molecule has 9 aromatic carbocycles. The van der Waals surface area contributed by atoms with Gasteiger partial charge in [-0.15, -0.1) is 0 Å². The summed E-state index contributed by atoms with van der Waals surface area (Å²) in [7, 11) is 0. The van der Waals surface area contributed by atoms with Crippen molar-refractivity contribution in [2.45, 2.75) is 19.3 Å². The van der Waals surface area contributed by atoms with E-state index in [2.05, 4.69) is 202 Å². The molecule has 0 radical (unpaired) electrons. The van der Waals surface area contributed by atoms with Crippen LogP contribution in [0.1, 0.15) is 25.0 Å². The normalized spacial score (nSPS) is 12.7. The van der Waals surface area contributed by atoms with Gasteiger partial charge >= 0.3 is 0 Å². The number of benzene rings is 9. The lowest BCUT2D eigenvalue weighted by atomic mass is 9.82. The minimum absolute atomic E-state index is 0.0488. The summed E-state index contributed by atoms with van der Waals surface area (Å²) in [5.41, 5.74) is 17.5. The fraction of sp³-hybridized carbons (Fsp3) is 0.0526. The highest BCUT2D eigenvalue weighted by atomic mass is 14.9. The van der Waals surface area contributed by atoms with Crippen LogP contribution in [0.3, 0.4) is 0 Å². The Morgan fingerprint density at radius 2 is 0.881 bits per heavy atom. The molecule has 59 heavy (non-hydrogen) atoms. The van der Waals surface area contributed by atoms with E-state index in [1.54, 1.807) is 0 Å². The van der Waals surface area contributed by atoms with Gasteiger partial charge in [-0.3, -0.25) is 0 Å². The maximum Gasteiger partial charge on any atom is 0.160 e. The van der Waals surface area contributed by atoms with Gasteiger partial charge < -0.3 is 0 Å². The Balaban J connectivity index is 1.03. The van der Waals surface area contributed by atoms with Crippen LogP contribution in [-0.4, -0.2) is 9.97 Å². The van der Waals surface area contributed by atoms with E-state index in [4.69, 9.17) is 9.97 Å². The molecule has 1 aromatic heterocycles. The highest BCUT2D eigenvalue weighted by Gasteiger charge is 2.36. The van der Waals surface area contributed by atoms with E-state index < -0.39 is 0 Å². The zero-order valence-corrected chi connectivity index (χ0v) is 33.0. The predicted molar refractivity (Wildman–Crippen MR) is 247 cm³/mol. The number of nitrogens with zero attached hydrogens (tertiary/aromatic N) is 2. The summed E-state index contributed by atoms with van der Waals surface area (Å²) < 4.78 is 0. The van der Waals surface area contributed by atoms with Crippen molar-refractivity contribution >= 4 is 21.5 Å². The van der Waals surface area contributed by atoms with Crippen molar-refractivity contribution in [2.24, 2.45) is 0 Å². The number of fused-ring (bicyclic) bond motifs is 5. The molecule has 0 saturated carbocycles. The van der Waals surface area contributed by atoms with Crippen molar-refractivity contribution in [1.82, 2.24) is 9.97 Å².